The molecule has 0 aliphatic carbocycles. The molecule has 0 aliphatic heterocycles. The molecule has 0 atom stereocenters. The molecule has 0 spiro atoms. The van der Waals surface area contributed by atoms with Crippen LogP contribution in [0.5, 0.6) is 11.5 Å². The van der Waals surface area contributed by atoms with Crippen LogP contribution < -0.4 is 20.2 Å². The lowest BCUT2D eigenvalue weighted by atomic mass is 10.1. The Morgan fingerprint density at radius 2 is 1.68 bits per heavy atom. The van der Waals surface area contributed by atoms with Crippen molar-refractivity contribution in [3.8, 4) is 11.5 Å². The lowest BCUT2D eigenvalue weighted by molar-refractivity contribution is -0.136. The third-order valence-electron chi connectivity index (χ3n) is 4.57. The number of rotatable bonds is 7. The van der Waals surface area contributed by atoms with Crippen LogP contribution in [0, 0.1) is 5.82 Å². The molecule has 10 heteroatoms. The Kier molecular flexibility index (Phi) is 8.45. The zero-order valence-electron chi connectivity index (χ0n) is 18.2. The van der Waals surface area contributed by atoms with Crippen LogP contribution in [-0.4, -0.2) is 24.6 Å². The first kappa shape index (κ1) is 25.0. The summed E-state index contributed by atoms with van der Waals surface area (Å²) in [6.45, 7) is 1.67. The first-order valence-corrected chi connectivity index (χ1v) is 10.7. The number of nitrogens with zero attached hydrogens (tertiary/aromatic N) is 1. The summed E-state index contributed by atoms with van der Waals surface area (Å²) in [5.41, 5.74) is 3.89. The Hall–Kier alpha value is -3.62. The summed E-state index contributed by atoms with van der Waals surface area (Å²) >= 11 is 11.8. The van der Waals surface area contributed by atoms with Gasteiger partial charge in [-0.25, -0.2) is 9.82 Å². The molecule has 3 aromatic rings. The van der Waals surface area contributed by atoms with Gasteiger partial charge in [-0.05, 0) is 49.4 Å². The number of benzene rings is 3. The maximum atomic E-state index is 13.8. The summed E-state index contributed by atoms with van der Waals surface area (Å²) in [5, 5.41) is 6.98. The van der Waals surface area contributed by atoms with Crippen LogP contribution in [-0.2, 0) is 16.2 Å². The second-order valence-electron chi connectivity index (χ2n) is 7.00. The highest BCUT2D eigenvalue weighted by molar-refractivity contribution is 6.40. The summed E-state index contributed by atoms with van der Waals surface area (Å²) in [4.78, 5) is 24.2. The van der Waals surface area contributed by atoms with Gasteiger partial charge in [0, 0.05) is 26.9 Å². The Morgan fingerprint density at radius 3 is 2.35 bits per heavy atom. The molecule has 0 aromatic heterocycles. The average molecular weight is 504 g/mol. The number of hydrogen-bond donors (Lipinski definition) is 2. The van der Waals surface area contributed by atoms with Gasteiger partial charge in [0.05, 0.1) is 12.8 Å². The van der Waals surface area contributed by atoms with Crippen molar-refractivity contribution in [1.82, 2.24) is 5.43 Å². The topological polar surface area (TPSA) is 89.0 Å². The first-order chi connectivity index (χ1) is 16.3. The molecule has 0 fully saturated rings. The Balaban J connectivity index is 1.64. The number of carbonyl (C=O) groups excluding carboxylic acids is 2. The minimum absolute atomic E-state index is 0.0262. The normalized spacial score (nSPS) is 11.0. The lowest BCUT2D eigenvalue weighted by Gasteiger charge is -2.13. The van der Waals surface area contributed by atoms with Crippen LogP contribution in [0.3, 0.4) is 0 Å². The molecule has 2 amide bonds. The van der Waals surface area contributed by atoms with Crippen molar-refractivity contribution in [1.29, 1.82) is 0 Å². The molecule has 0 radical (unpaired) electrons. The SMILES string of the molecule is COc1cc(/C(C)=N/NC(=O)C(=O)Nc2cc(Cl)cc(Cl)c2)ccc1OCc1ccccc1F. The van der Waals surface area contributed by atoms with Crippen molar-refractivity contribution in [2.75, 3.05) is 12.4 Å². The predicted octanol–water partition coefficient (Wildman–Crippen LogP) is 5.20. The second-order valence-corrected chi connectivity index (χ2v) is 7.87. The van der Waals surface area contributed by atoms with E-state index in [4.69, 9.17) is 32.7 Å². The molecule has 0 saturated heterocycles. The van der Waals surface area contributed by atoms with Crippen molar-refractivity contribution < 1.29 is 23.5 Å². The van der Waals surface area contributed by atoms with Gasteiger partial charge in [-0.1, -0.05) is 41.4 Å². The van der Waals surface area contributed by atoms with Crippen LogP contribution in [0.1, 0.15) is 18.1 Å². The number of anilines is 1. The summed E-state index contributed by atoms with van der Waals surface area (Å²) in [7, 11) is 1.47. The zero-order chi connectivity index (χ0) is 24.7. The third-order valence-corrected chi connectivity index (χ3v) is 5.01. The molecule has 0 bridgehead atoms. The van der Waals surface area contributed by atoms with Crippen molar-refractivity contribution >= 4 is 46.4 Å². The van der Waals surface area contributed by atoms with Crippen LogP contribution in [0.4, 0.5) is 10.1 Å². The monoisotopic (exact) mass is 503 g/mol. The van der Waals surface area contributed by atoms with E-state index in [2.05, 4.69) is 15.8 Å². The fraction of sp³-hybridized carbons (Fsp3) is 0.125. The number of halogens is 3. The molecule has 0 aliphatic rings. The molecule has 7 nitrogen and oxygen atoms in total. The Morgan fingerprint density at radius 1 is 0.971 bits per heavy atom. The number of methoxy groups -OCH3 is 1. The van der Waals surface area contributed by atoms with Gasteiger partial charge in [0.1, 0.15) is 12.4 Å². The van der Waals surface area contributed by atoms with Gasteiger partial charge in [0.15, 0.2) is 11.5 Å². The van der Waals surface area contributed by atoms with E-state index in [0.29, 0.717) is 38.4 Å². The highest BCUT2D eigenvalue weighted by atomic mass is 35.5. The number of ether oxygens (including phenoxy) is 2. The standard InChI is InChI=1S/C24H20Cl2FN3O4/c1-14(29-30-24(32)23(31)28-19-11-17(25)10-18(26)12-19)15-7-8-21(22(9-15)33-2)34-13-16-5-3-4-6-20(16)27/h3-12H,13H2,1-2H3,(H,28,31)(H,30,32)/b29-14+. The molecule has 3 aromatic carbocycles. The van der Waals surface area contributed by atoms with Gasteiger partial charge in [0.2, 0.25) is 0 Å². The average Bonchev–Trinajstić information content (AvgIpc) is 2.81. The first-order valence-electron chi connectivity index (χ1n) is 9.93. The summed E-state index contributed by atoms with van der Waals surface area (Å²) in [6, 6.07) is 15.7. The fourth-order valence-electron chi connectivity index (χ4n) is 2.85. The predicted molar refractivity (Wildman–Crippen MR) is 129 cm³/mol. The Bertz CT molecular complexity index is 1230. The van der Waals surface area contributed by atoms with Gasteiger partial charge < -0.3 is 14.8 Å². The minimum Gasteiger partial charge on any atom is -0.493 e. The molecule has 176 valence electrons. The van der Waals surface area contributed by atoms with E-state index in [0.717, 1.165) is 0 Å². The highest BCUT2D eigenvalue weighted by Crippen LogP contribution is 2.29. The maximum absolute atomic E-state index is 13.8. The fourth-order valence-corrected chi connectivity index (χ4v) is 3.37. The minimum atomic E-state index is -0.979. The summed E-state index contributed by atoms with van der Waals surface area (Å²) < 4.78 is 24.9. The van der Waals surface area contributed by atoms with E-state index in [1.54, 1.807) is 43.3 Å². The van der Waals surface area contributed by atoms with Gasteiger partial charge in [-0.15, -0.1) is 0 Å². The Labute approximate surface area is 205 Å². The van der Waals surface area contributed by atoms with E-state index in [1.807, 2.05) is 0 Å². The van der Waals surface area contributed by atoms with Gasteiger partial charge >= 0.3 is 11.8 Å². The molecular formula is C24H20Cl2FN3O4. The lowest BCUT2D eigenvalue weighted by Crippen LogP contribution is -2.32. The van der Waals surface area contributed by atoms with E-state index < -0.39 is 11.8 Å². The van der Waals surface area contributed by atoms with Crippen molar-refractivity contribution in [2.24, 2.45) is 5.10 Å². The third kappa shape index (κ3) is 6.69. The molecule has 0 saturated carbocycles. The van der Waals surface area contributed by atoms with Crippen molar-refractivity contribution in [3.05, 3.63) is 87.7 Å². The highest BCUT2D eigenvalue weighted by Gasteiger charge is 2.15. The molecule has 0 heterocycles. The van der Waals surface area contributed by atoms with Crippen molar-refractivity contribution in [2.45, 2.75) is 13.5 Å². The summed E-state index contributed by atoms with van der Waals surface area (Å²) in [5.74, 6) is -1.48. The van der Waals surface area contributed by atoms with Crippen molar-refractivity contribution in [3.63, 3.8) is 0 Å². The molecule has 3 rings (SSSR count). The van der Waals surface area contributed by atoms with Gasteiger partial charge in [0.25, 0.3) is 0 Å². The molecule has 0 unspecified atom stereocenters. The van der Waals surface area contributed by atoms with Crippen LogP contribution >= 0.6 is 23.2 Å². The van der Waals surface area contributed by atoms with Crippen LogP contribution in [0.15, 0.2) is 65.8 Å². The number of amides is 2. The number of carbonyl (C=O) groups is 2. The maximum Gasteiger partial charge on any atom is 0.329 e. The number of hydrazone groups is 1. The van der Waals surface area contributed by atoms with E-state index >= 15 is 0 Å². The quantitative estimate of drug-likeness (QED) is 0.263. The van der Waals surface area contributed by atoms with Gasteiger partial charge in [-0.3, -0.25) is 9.59 Å². The molecular weight excluding hydrogens is 484 g/mol. The van der Waals surface area contributed by atoms with Crippen LogP contribution in [0.25, 0.3) is 0 Å². The number of hydrogen-bond acceptors (Lipinski definition) is 5. The zero-order valence-corrected chi connectivity index (χ0v) is 19.7. The van der Waals surface area contributed by atoms with Crippen LogP contribution in [0.2, 0.25) is 10.0 Å². The smallest absolute Gasteiger partial charge is 0.329 e. The van der Waals surface area contributed by atoms with E-state index in [-0.39, 0.29) is 18.1 Å². The van der Waals surface area contributed by atoms with E-state index in [9.17, 15) is 14.0 Å². The number of nitrogens with one attached hydrogen (secondary N) is 2. The summed E-state index contributed by atoms with van der Waals surface area (Å²) in [6.07, 6.45) is 0. The van der Waals surface area contributed by atoms with E-state index in [1.165, 1.54) is 31.4 Å². The second kappa shape index (κ2) is 11.5. The molecule has 2 N–H and O–H groups in total. The molecule has 34 heavy (non-hydrogen) atoms. The largest absolute Gasteiger partial charge is 0.493 e. The van der Waals surface area contributed by atoms with Gasteiger partial charge in [-0.2, -0.15) is 5.10 Å².